The van der Waals surface area contributed by atoms with Gasteiger partial charge in [-0.3, -0.25) is 5.32 Å². The van der Waals surface area contributed by atoms with Crippen LogP contribution in [0.4, 0.5) is 18.0 Å². The molecule has 0 aliphatic heterocycles. The van der Waals surface area contributed by atoms with E-state index in [-0.39, 0.29) is 6.61 Å². The second-order valence-corrected chi connectivity index (χ2v) is 3.52. The number of rotatable bonds is 4. The highest BCUT2D eigenvalue weighted by Crippen LogP contribution is 2.20. The monoisotopic (exact) mass is 277 g/mol. The van der Waals surface area contributed by atoms with Crippen LogP contribution < -0.4 is 5.32 Å². The van der Waals surface area contributed by atoms with Crippen molar-refractivity contribution >= 4 is 12.1 Å². The fourth-order valence-corrected chi connectivity index (χ4v) is 1.17. The summed E-state index contributed by atoms with van der Waals surface area (Å²) in [6.07, 6.45) is -6.54. The fraction of sp³-hybridized carbons (Fsp3) is 0.273. The highest BCUT2D eigenvalue weighted by molar-refractivity contribution is 5.80. The Bertz CT molecular complexity index is 447. The maximum Gasteiger partial charge on any atom is 0.419 e. The van der Waals surface area contributed by atoms with Crippen LogP contribution in [-0.2, 0) is 16.1 Å². The third-order valence-corrected chi connectivity index (χ3v) is 2.05. The molecule has 19 heavy (non-hydrogen) atoms. The summed E-state index contributed by atoms with van der Waals surface area (Å²) in [6.45, 7) is -0.253. The number of halogens is 3. The van der Waals surface area contributed by atoms with Crippen molar-refractivity contribution in [3.63, 3.8) is 0 Å². The Hall–Kier alpha value is -2.25. The molecule has 1 aromatic rings. The molecule has 8 heteroatoms. The first kappa shape index (κ1) is 14.8. The number of carboxylic acids is 1. The SMILES string of the molecule is O=C(N[C@H](C(=O)O)C(F)(F)F)OCc1ccccc1. The molecule has 0 aromatic heterocycles. The van der Waals surface area contributed by atoms with Crippen LogP contribution in [0.1, 0.15) is 5.56 Å². The van der Waals surface area contributed by atoms with E-state index in [9.17, 15) is 22.8 Å². The van der Waals surface area contributed by atoms with Crippen LogP contribution in [0, 0.1) is 0 Å². The number of aliphatic carboxylic acids is 1. The maximum atomic E-state index is 12.2. The highest BCUT2D eigenvalue weighted by Gasteiger charge is 2.46. The van der Waals surface area contributed by atoms with E-state index in [1.165, 1.54) is 5.32 Å². The predicted octanol–water partition coefficient (Wildman–Crippen LogP) is 1.93. The smallest absolute Gasteiger partial charge is 0.419 e. The molecule has 0 unspecified atom stereocenters. The molecule has 0 saturated carbocycles. The molecule has 1 amide bonds. The number of hydrogen-bond donors (Lipinski definition) is 2. The van der Waals surface area contributed by atoms with E-state index in [1.54, 1.807) is 30.3 Å². The van der Waals surface area contributed by atoms with Gasteiger partial charge in [0.1, 0.15) is 6.61 Å². The molecule has 0 fully saturated rings. The summed E-state index contributed by atoms with van der Waals surface area (Å²) in [7, 11) is 0. The zero-order valence-corrected chi connectivity index (χ0v) is 9.48. The molecule has 1 atom stereocenters. The van der Waals surface area contributed by atoms with Gasteiger partial charge >= 0.3 is 18.2 Å². The van der Waals surface area contributed by atoms with Crippen LogP contribution in [0.15, 0.2) is 30.3 Å². The maximum absolute atomic E-state index is 12.2. The van der Waals surface area contributed by atoms with E-state index < -0.39 is 24.3 Å². The Morgan fingerprint density at radius 2 is 1.84 bits per heavy atom. The number of ether oxygens (including phenoxy) is 1. The van der Waals surface area contributed by atoms with Gasteiger partial charge in [-0.1, -0.05) is 30.3 Å². The van der Waals surface area contributed by atoms with Crippen molar-refractivity contribution in [2.75, 3.05) is 0 Å². The minimum atomic E-state index is -5.09. The van der Waals surface area contributed by atoms with E-state index in [0.29, 0.717) is 5.56 Å². The molecule has 0 aliphatic rings. The quantitative estimate of drug-likeness (QED) is 0.881. The number of carboxylic acid groups (broad SMARTS) is 1. The summed E-state index contributed by atoms with van der Waals surface area (Å²) in [5.41, 5.74) is 0.566. The summed E-state index contributed by atoms with van der Waals surface area (Å²) >= 11 is 0. The number of alkyl halides is 3. The molecule has 0 spiro atoms. The zero-order chi connectivity index (χ0) is 14.5. The van der Waals surface area contributed by atoms with Crippen molar-refractivity contribution in [3.8, 4) is 0 Å². The van der Waals surface area contributed by atoms with E-state index in [4.69, 9.17) is 5.11 Å². The average Bonchev–Trinajstić information content (AvgIpc) is 2.33. The number of nitrogens with one attached hydrogen (secondary N) is 1. The molecule has 0 aliphatic carbocycles. The minimum Gasteiger partial charge on any atom is -0.479 e. The Labute approximate surface area is 106 Å². The molecule has 0 radical (unpaired) electrons. The van der Waals surface area contributed by atoms with Gasteiger partial charge in [0.2, 0.25) is 6.04 Å². The molecule has 5 nitrogen and oxygen atoms in total. The van der Waals surface area contributed by atoms with Crippen LogP contribution in [0.25, 0.3) is 0 Å². The minimum absolute atomic E-state index is 0.253. The lowest BCUT2D eigenvalue weighted by Crippen LogP contribution is -2.50. The van der Waals surface area contributed by atoms with E-state index in [0.717, 1.165) is 0 Å². The van der Waals surface area contributed by atoms with Crippen LogP contribution in [0.3, 0.4) is 0 Å². The van der Waals surface area contributed by atoms with Gasteiger partial charge in [-0.25, -0.2) is 9.59 Å². The number of amides is 1. The molecule has 1 rings (SSSR count). The third kappa shape index (κ3) is 4.86. The molecule has 2 N–H and O–H groups in total. The first-order valence-corrected chi connectivity index (χ1v) is 5.07. The van der Waals surface area contributed by atoms with Gasteiger partial charge in [0.25, 0.3) is 0 Å². The fourth-order valence-electron chi connectivity index (χ4n) is 1.17. The second kappa shape index (κ2) is 6.07. The van der Waals surface area contributed by atoms with Crippen molar-refractivity contribution in [1.82, 2.24) is 5.32 Å². The van der Waals surface area contributed by atoms with Crippen molar-refractivity contribution in [3.05, 3.63) is 35.9 Å². The predicted molar refractivity (Wildman–Crippen MR) is 57.2 cm³/mol. The van der Waals surface area contributed by atoms with Gasteiger partial charge in [0.15, 0.2) is 0 Å². The molecule has 0 bridgehead atoms. The zero-order valence-electron chi connectivity index (χ0n) is 9.48. The number of hydrogen-bond acceptors (Lipinski definition) is 3. The summed E-state index contributed by atoms with van der Waals surface area (Å²) in [4.78, 5) is 21.4. The lowest BCUT2D eigenvalue weighted by atomic mass is 10.2. The van der Waals surface area contributed by atoms with Gasteiger partial charge in [0.05, 0.1) is 0 Å². The summed E-state index contributed by atoms with van der Waals surface area (Å²) in [6, 6.07) is 5.25. The highest BCUT2D eigenvalue weighted by atomic mass is 19.4. The average molecular weight is 277 g/mol. The molecule has 0 saturated heterocycles. The second-order valence-electron chi connectivity index (χ2n) is 3.52. The number of carbonyl (C=O) groups is 2. The van der Waals surface area contributed by atoms with Crippen molar-refractivity contribution in [2.24, 2.45) is 0 Å². The van der Waals surface area contributed by atoms with Gasteiger partial charge < -0.3 is 9.84 Å². The Kier molecular flexibility index (Phi) is 4.74. The molecular formula is C11H10F3NO4. The first-order chi connectivity index (χ1) is 8.80. The third-order valence-electron chi connectivity index (χ3n) is 2.05. The topological polar surface area (TPSA) is 75.6 Å². The Balaban J connectivity index is 2.52. The number of alkyl carbamates (subject to hydrolysis) is 1. The summed E-state index contributed by atoms with van der Waals surface area (Å²) < 4.78 is 41.2. The van der Waals surface area contributed by atoms with E-state index in [2.05, 4.69) is 4.74 Å². The van der Waals surface area contributed by atoms with Crippen LogP contribution in [0.5, 0.6) is 0 Å². The van der Waals surface area contributed by atoms with E-state index >= 15 is 0 Å². The number of carbonyl (C=O) groups excluding carboxylic acids is 1. The molecule has 104 valence electrons. The normalized spacial score (nSPS) is 12.6. The van der Waals surface area contributed by atoms with Gasteiger partial charge in [-0.15, -0.1) is 0 Å². The van der Waals surface area contributed by atoms with Gasteiger partial charge in [0, 0.05) is 0 Å². The lowest BCUT2D eigenvalue weighted by Gasteiger charge is -2.17. The van der Waals surface area contributed by atoms with E-state index in [1.807, 2.05) is 0 Å². The number of benzene rings is 1. The first-order valence-electron chi connectivity index (χ1n) is 5.07. The van der Waals surface area contributed by atoms with Crippen LogP contribution in [-0.4, -0.2) is 29.4 Å². The summed E-state index contributed by atoms with van der Waals surface area (Å²) in [5.74, 6) is -2.20. The van der Waals surface area contributed by atoms with Crippen molar-refractivity contribution in [2.45, 2.75) is 18.8 Å². The molecule has 0 heterocycles. The Morgan fingerprint density at radius 1 is 1.26 bits per heavy atom. The largest absolute Gasteiger partial charge is 0.479 e. The van der Waals surface area contributed by atoms with Crippen LogP contribution >= 0.6 is 0 Å². The Morgan fingerprint density at radius 3 is 2.32 bits per heavy atom. The van der Waals surface area contributed by atoms with Crippen molar-refractivity contribution in [1.29, 1.82) is 0 Å². The molecular weight excluding hydrogens is 267 g/mol. The van der Waals surface area contributed by atoms with Gasteiger partial charge in [-0.05, 0) is 5.56 Å². The van der Waals surface area contributed by atoms with Gasteiger partial charge in [-0.2, -0.15) is 13.2 Å². The standard InChI is InChI=1S/C11H10F3NO4/c12-11(13,14)8(9(16)17)15-10(18)19-6-7-4-2-1-3-5-7/h1-5,8H,6H2,(H,15,18)(H,16,17)/t8-/m1/s1. The lowest BCUT2D eigenvalue weighted by molar-refractivity contribution is -0.178. The van der Waals surface area contributed by atoms with Crippen molar-refractivity contribution < 1.29 is 32.6 Å². The molecule has 1 aromatic carbocycles. The van der Waals surface area contributed by atoms with Crippen LogP contribution in [0.2, 0.25) is 0 Å². The summed E-state index contributed by atoms with van der Waals surface area (Å²) in [5, 5.41) is 9.59.